The highest BCUT2D eigenvalue weighted by Gasteiger charge is 2.41. The zero-order valence-electron chi connectivity index (χ0n) is 14.7. The SMILES string of the molecule is CS(=O)(=O)Nc1cccc(NC(=O)[C@H]2CC(=O)N([C@@H]3CCS(=O)(=O)C3)C2)c1. The van der Waals surface area contributed by atoms with Crippen LogP contribution in [0.3, 0.4) is 0 Å². The van der Waals surface area contributed by atoms with Gasteiger partial charge in [-0.05, 0) is 24.6 Å². The molecule has 0 saturated carbocycles. The van der Waals surface area contributed by atoms with Crippen molar-refractivity contribution in [3.05, 3.63) is 24.3 Å². The molecule has 2 saturated heterocycles. The fourth-order valence-corrected chi connectivity index (χ4v) is 5.69. The summed E-state index contributed by atoms with van der Waals surface area (Å²) in [5.74, 6) is -1.13. The van der Waals surface area contributed by atoms with E-state index in [1.165, 1.54) is 11.0 Å². The Labute approximate surface area is 158 Å². The molecule has 3 rings (SSSR count). The van der Waals surface area contributed by atoms with E-state index >= 15 is 0 Å². The third-order valence-corrected chi connectivity index (χ3v) is 6.97. The molecule has 27 heavy (non-hydrogen) atoms. The maximum atomic E-state index is 12.5. The van der Waals surface area contributed by atoms with E-state index in [-0.39, 0.29) is 42.3 Å². The minimum Gasteiger partial charge on any atom is -0.338 e. The Bertz CT molecular complexity index is 974. The molecule has 2 fully saturated rings. The average Bonchev–Trinajstić information content (AvgIpc) is 3.08. The monoisotopic (exact) mass is 415 g/mol. The molecule has 148 valence electrons. The summed E-state index contributed by atoms with van der Waals surface area (Å²) in [6, 6.07) is 5.89. The van der Waals surface area contributed by atoms with E-state index in [4.69, 9.17) is 0 Å². The van der Waals surface area contributed by atoms with Crippen molar-refractivity contribution < 1.29 is 26.4 Å². The Balaban J connectivity index is 1.64. The molecule has 0 aliphatic carbocycles. The van der Waals surface area contributed by atoms with Gasteiger partial charge in [-0.15, -0.1) is 0 Å². The van der Waals surface area contributed by atoms with Crippen LogP contribution in [0.15, 0.2) is 24.3 Å². The van der Waals surface area contributed by atoms with Gasteiger partial charge in [0.05, 0.1) is 29.4 Å². The first-order valence-corrected chi connectivity index (χ1v) is 12.1. The van der Waals surface area contributed by atoms with Crippen LogP contribution in [-0.2, 0) is 29.4 Å². The third-order valence-electron chi connectivity index (χ3n) is 4.61. The van der Waals surface area contributed by atoms with Crippen molar-refractivity contribution in [2.24, 2.45) is 5.92 Å². The second-order valence-corrected chi connectivity index (χ2v) is 10.9. The van der Waals surface area contributed by atoms with E-state index in [1.807, 2.05) is 0 Å². The number of benzene rings is 1. The highest BCUT2D eigenvalue weighted by Crippen LogP contribution is 2.27. The van der Waals surface area contributed by atoms with Crippen LogP contribution in [-0.4, -0.2) is 63.9 Å². The summed E-state index contributed by atoms with van der Waals surface area (Å²) in [4.78, 5) is 26.2. The predicted octanol–water partition coefficient (Wildman–Crippen LogP) is 0.0322. The lowest BCUT2D eigenvalue weighted by atomic mass is 10.1. The topological polar surface area (TPSA) is 130 Å². The summed E-state index contributed by atoms with van der Waals surface area (Å²) in [6.45, 7) is 0.187. The molecule has 11 heteroatoms. The zero-order valence-corrected chi connectivity index (χ0v) is 16.3. The summed E-state index contributed by atoms with van der Waals surface area (Å²) < 4.78 is 48.2. The van der Waals surface area contributed by atoms with Gasteiger partial charge in [0.25, 0.3) is 0 Å². The number of sulfonamides is 1. The highest BCUT2D eigenvalue weighted by atomic mass is 32.2. The van der Waals surface area contributed by atoms with Gasteiger partial charge in [0.2, 0.25) is 21.8 Å². The lowest BCUT2D eigenvalue weighted by molar-refractivity contribution is -0.129. The van der Waals surface area contributed by atoms with Crippen LogP contribution in [0.4, 0.5) is 11.4 Å². The molecule has 0 radical (unpaired) electrons. The molecular formula is C16H21N3O6S2. The fourth-order valence-electron chi connectivity index (χ4n) is 3.40. The lowest BCUT2D eigenvalue weighted by Crippen LogP contribution is -2.38. The number of hydrogen-bond acceptors (Lipinski definition) is 6. The molecule has 2 aliphatic rings. The predicted molar refractivity (Wildman–Crippen MR) is 100 cm³/mol. The first-order chi connectivity index (χ1) is 12.5. The maximum absolute atomic E-state index is 12.5. The third kappa shape index (κ3) is 4.98. The second-order valence-electron chi connectivity index (χ2n) is 6.95. The minimum absolute atomic E-state index is 0.0314. The molecule has 2 N–H and O–H groups in total. The molecule has 0 spiro atoms. The smallest absolute Gasteiger partial charge is 0.229 e. The number of nitrogens with one attached hydrogen (secondary N) is 2. The fraction of sp³-hybridized carbons (Fsp3) is 0.500. The Kier molecular flexibility index (Phi) is 5.17. The Morgan fingerprint density at radius 2 is 1.96 bits per heavy atom. The molecule has 2 aliphatic heterocycles. The molecule has 0 aromatic heterocycles. The maximum Gasteiger partial charge on any atom is 0.229 e. The summed E-state index contributed by atoms with van der Waals surface area (Å²) in [5.41, 5.74) is 0.721. The summed E-state index contributed by atoms with van der Waals surface area (Å²) in [5, 5.41) is 2.69. The van der Waals surface area contributed by atoms with Gasteiger partial charge in [0.1, 0.15) is 0 Å². The van der Waals surface area contributed by atoms with Crippen molar-refractivity contribution in [2.75, 3.05) is 34.3 Å². The molecule has 2 amide bonds. The van der Waals surface area contributed by atoms with Crippen LogP contribution in [0, 0.1) is 5.92 Å². The van der Waals surface area contributed by atoms with Crippen molar-refractivity contribution in [3.63, 3.8) is 0 Å². The van der Waals surface area contributed by atoms with Crippen molar-refractivity contribution in [2.45, 2.75) is 18.9 Å². The second kappa shape index (κ2) is 7.12. The number of carbonyl (C=O) groups is 2. The zero-order chi connectivity index (χ0) is 19.8. The molecular weight excluding hydrogens is 394 g/mol. The standard InChI is InChI=1S/C16H21N3O6S2/c1-26(22,23)18-13-4-2-3-12(8-13)17-16(21)11-7-15(20)19(9-11)14-5-6-27(24,25)10-14/h2-4,8,11,14,18H,5-7,9-10H2,1H3,(H,17,21)/t11-,14+/m0/s1. The summed E-state index contributed by atoms with van der Waals surface area (Å²) >= 11 is 0. The molecule has 0 bridgehead atoms. The number of sulfone groups is 1. The summed E-state index contributed by atoms with van der Waals surface area (Å²) in [7, 11) is -6.55. The number of hydrogen-bond donors (Lipinski definition) is 2. The Hall–Kier alpha value is -2.14. The van der Waals surface area contributed by atoms with Gasteiger partial charge in [0, 0.05) is 24.7 Å². The van der Waals surface area contributed by atoms with Gasteiger partial charge in [-0.2, -0.15) is 0 Å². The molecule has 2 heterocycles. The minimum atomic E-state index is -3.43. The number of rotatable bonds is 5. The molecule has 1 aromatic rings. The Morgan fingerprint density at radius 3 is 2.59 bits per heavy atom. The number of anilines is 2. The van der Waals surface area contributed by atoms with E-state index in [2.05, 4.69) is 10.0 Å². The van der Waals surface area contributed by atoms with E-state index in [9.17, 15) is 26.4 Å². The number of nitrogens with zero attached hydrogens (tertiary/aromatic N) is 1. The van der Waals surface area contributed by atoms with Crippen LogP contribution in [0.25, 0.3) is 0 Å². The van der Waals surface area contributed by atoms with E-state index in [0.29, 0.717) is 17.8 Å². The van der Waals surface area contributed by atoms with Crippen molar-refractivity contribution >= 4 is 43.0 Å². The number of amides is 2. The van der Waals surface area contributed by atoms with Crippen LogP contribution in [0.1, 0.15) is 12.8 Å². The van der Waals surface area contributed by atoms with E-state index < -0.39 is 25.8 Å². The van der Waals surface area contributed by atoms with Crippen LogP contribution in [0.5, 0.6) is 0 Å². The highest BCUT2D eigenvalue weighted by molar-refractivity contribution is 7.92. The normalized spacial score (nSPS) is 24.8. The number of likely N-dealkylation sites (tertiary alicyclic amines) is 1. The van der Waals surface area contributed by atoms with Gasteiger partial charge in [-0.3, -0.25) is 14.3 Å². The largest absolute Gasteiger partial charge is 0.338 e. The van der Waals surface area contributed by atoms with E-state index in [1.54, 1.807) is 18.2 Å². The lowest BCUT2D eigenvalue weighted by Gasteiger charge is -2.23. The van der Waals surface area contributed by atoms with Gasteiger partial charge >= 0.3 is 0 Å². The van der Waals surface area contributed by atoms with Gasteiger partial charge in [0.15, 0.2) is 9.84 Å². The number of carbonyl (C=O) groups excluding carboxylic acids is 2. The van der Waals surface area contributed by atoms with E-state index in [0.717, 1.165) is 6.26 Å². The Morgan fingerprint density at radius 1 is 1.26 bits per heavy atom. The van der Waals surface area contributed by atoms with Crippen molar-refractivity contribution in [1.82, 2.24) is 4.90 Å². The molecule has 0 unspecified atom stereocenters. The van der Waals surface area contributed by atoms with Crippen molar-refractivity contribution in [3.8, 4) is 0 Å². The van der Waals surface area contributed by atoms with Gasteiger partial charge < -0.3 is 10.2 Å². The summed E-state index contributed by atoms with van der Waals surface area (Å²) in [6.07, 6.45) is 1.46. The first-order valence-electron chi connectivity index (χ1n) is 8.41. The molecule has 1 aromatic carbocycles. The molecule has 9 nitrogen and oxygen atoms in total. The van der Waals surface area contributed by atoms with Gasteiger partial charge in [-0.25, -0.2) is 16.8 Å². The van der Waals surface area contributed by atoms with Crippen LogP contribution >= 0.6 is 0 Å². The first kappa shape index (κ1) is 19.6. The average molecular weight is 415 g/mol. The quantitative estimate of drug-likeness (QED) is 0.698. The van der Waals surface area contributed by atoms with Crippen LogP contribution < -0.4 is 10.0 Å². The van der Waals surface area contributed by atoms with Crippen LogP contribution in [0.2, 0.25) is 0 Å². The van der Waals surface area contributed by atoms with Gasteiger partial charge in [-0.1, -0.05) is 6.07 Å². The molecule has 2 atom stereocenters. The van der Waals surface area contributed by atoms with Crippen molar-refractivity contribution in [1.29, 1.82) is 0 Å².